The molecule has 0 saturated heterocycles. The molecule has 3 atom stereocenters. The van der Waals surface area contributed by atoms with Crippen molar-refractivity contribution < 1.29 is 18.7 Å². The molecular weight excluding hydrogens is 442 g/mol. The Kier molecular flexibility index (Phi) is 5.45. The minimum absolute atomic E-state index is 0.0212. The van der Waals surface area contributed by atoms with Crippen LogP contribution in [-0.4, -0.2) is 33.0 Å². The molecule has 2 aliphatic heterocycles. The van der Waals surface area contributed by atoms with Crippen molar-refractivity contribution in [1.29, 1.82) is 0 Å². The lowest BCUT2D eigenvalue weighted by atomic mass is 9.72. The SMILES string of the molecule is CC[C@@H]1C=CN2C(=O)Oc3c4c(c(OC)c5ccccc35)[C@@H](CO[Si](C)(C)C(C)(C)C)C=C1[C@H]42. The van der Waals surface area contributed by atoms with E-state index in [0.29, 0.717) is 12.4 Å². The molecule has 1 aliphatic carbocycles. The van der Waals surface area contributed by atoms with Gasteiger partial charge in [-0.25, -0.2) is 4.79 Å². The minimum atomic E-state index is -1.96. The van der Waals surface area contributed by atoms with E-state index >= 15 is 0 Å². The van der Waals surface area contributed by atoms with Gasteiger partial charge >= 0.3 is 6.09 Å². The van der Waals surface area contributed by atoms with Crippen LogP contribution in [0.25, 0.3) is 10.8 Å². The summed E-state index contributed by atoms with van der Waals surface area (Å²) in [6, 6.07) is 7.89. The Morgan fingerprint density at radius 2 is 1.79 bits per heavy atom. The molecule has 0 saturated carbocycles. The van der Waals surface area contributed by atoms with Crippen molar-refractivity contribution in [2.75, 3.05) is 13.7 Å². The summed E-state index contributed by atoms with van der Waals surface area (Å²) in [5.41, 5.74) is 3.40. The van der Waals surface area contributed by atoms with E-state index in [1.165, 1.54) is 5.57 Å². The highest BCUT2D eigenvalue weighted by molar-refractivity contribution is 6.74. The number of hydrogen-bond acceptors (Lipinski definition) is 4. The van der Waals surface area contributed by atoms with E-state index in [-0.39, 0.29) is 29.0 Å². The van der Waals surface area contributed by atoms with Crippen LogP contribution in [0, 0.1) is 5.92 Å². The molecule has 0 radical (unpaired) electrons. The number of hydrogen-bond donors (Lipinski definition) is 0. The first-order valence-electron chi connectivity index (χ1n) is 12.3. The number of carbonyl (C=O) groups is 1. The summed E-state index contributed by atoms with van der Waals surface area (Å²) in [4.78, 5) is 14.8. The van der Waals surface area contributed by atoms with Gasteiger partial charge in [0.2, 0.25) is 0 Å². The van der Waals surface area contributed by atoms with Crippen molar-refractivity contribution in [2.24, 2.45) is 5.92 Å². The van der Waals surface area contributed by atoms with Crippen molar-refractivity contribution in [3.63, 3.8) is 0 Å². The second kappa shape index (κ2) is 7.99. The normalized spacial score (nSPS) is 23.5. The fraction of sp³-hybridized carbons (Fsp3) is 0.464. The maximum Gasteiger partial charge on any atom is 0.420 e. The molecule has 5 nitrogen and oxygen atoms in total. The van der Waals surface area contributed by atoms with E-state index in [9.17, 15) is 4.79 Å². The van der Waals surface area contributed by atoms with Gasteiger partial charge in [-0.2, -0.15) is 0 Å². The molecule has 0 bridgehead atoms. The van der Waals surface area contributed by atoms with Gasteiger partial charge in [0.25, 0.3) is 0 Å². The monoisotopic (exact) mass is 477 g/mol. The summed E-state index contributed by atoms with van der Waals surface area (Å²) in [5.74, 6) is 1.83. The Morgan fingerprint density at radius 1 is 1.09 bits per heavy atom. The van der Waals surface area contributed by atoms with Crippen molar-refractivity contribution in [2.45, 2.75) is 64.2 Å². The summed E-state index contributed by atoms with van der Waals surface area (Å²) < 4.78 is 18.8. The van der Waals surface area contributed by atoms with Gasteiger partial charge < -0.3 is 13.9 Å². The lowest BCUT2D eigenvalue weighted by Gasteiger charge is -2.46. The fourth-order valence-electron chi connectivity index (χ4n) is 5.30. The largest absolute Gasteiger partial charge is 0.496 e. The standard InChI is InChI=1S/C28H35NO4Si/c1-8-17-13-14-29-24-21(17)15-18(16-32-34(6,7)28(2,3)4)22-23(24)26(33-27(29)30)20-12-10-9-11-19(20)25(22)31-5/h9-15,17-18,24H,8,16H2,1-7H3/t17-,18-,24-/m1/s1. The number of ether oxygens (including phenoxy) is 2. The predicted octanol–water partition coefficient (Wildman–Crippen LogP) is 7.30. The molecule has 180 valence electrons. The van der Waals surface area contributed by atoms with Gasteiger partial charge in [0.1, 0.15) is 11.5 Å². The molecule has 3 aliphatic rings. The molecule has 1 amide bonds. The van der Waals surface area contributed by atoms with Crippen LogP contribution in [0.5, 0.6) is 11.5 Å². The first-order valence-corrected chi connectivity index (χ1v) is 15.2. The Hall–Kier alpha value is -2.57. The van der Waals surface area contributed by atoms with Gasteiger partial charge in [-0.15, -0.1) is 0 Å². The number of benzene rings is 2. The zero-order valence-corrected chi connectivity index (χ0v) is 22.3. The molecular formula is C28H35NO4Si. The second-order valence-corrected chi connectivity index (χ2v) is 15.9. The summed E-state index contributed by atoms with van der Waals surface area (Å²) in [6.45, 7) is 14.2. The highest BCUT2D eigenvalue weighted by Gasteiger charge is 2.47. The predicted molar refractivity (Wildman–Crippen MR) is 138 cm³/mol. The second-order valence-electron chi connectivity index (χ2n) is 11.1. The first kappa shape index (κ1) is 23.2. The van der Waals surface area contributed by atoms with E-state index < -0.39 is 8.32 Å². The molecule has 2 heterocycles. The van der Waals surface area contributed by atoms with Crippen LogP contribution in [0.15, 0.2) is 48.2 Å². The number of allylic oxidation sites excluding steroid dienone is 1. The van der Waals surface area contributed by atoms with Crippen LogP contribution < -0.4 is 9.47 Å². The van der Waals surface area contributed by atoms with E-state index in [1.54, 1.807) is 12.0 Å². The zero-order valence-electron chi connectivity index (χ0n) is 21.3. The molecule has 0 unspecified atom stereocenters. The third-order valence-electron chi connectivity index (χ3n) is 8.21. The molecule has 34 heavy (non-hydrogen) atoms. The van der Waals surface area contributed by atoms with E-state index in [2.05, 4.69) is 52.9 Å². The first-order chi connectivity index (χ1) is 16.1. The van der Waals surface area contributed by atoms with Gasteiger partial charge in [0, 0.05) is 46.5 Å². The topological polar surface area (TPSA) is 48.0 Å². The van der Waals surface area contributed by atoms with Gasteiger partial charge in [0.05, 0.1) is 13.2 Å². The molecule has 2 aromatic carbocycles. The Morgan fingerprint density at radius 3 is 2.44 bits per heavy atom. The Bertz CT molecular complexity index is 1220. The van der Waals surface area contributed by atoms with Crippen molar-refractivity contribution in [3.8, 4) is 11.5 Å². The summed E-state index contributed by atoms with van der Waals surface area (Å²) in [7, 11) is -0.230. The third kappa shape index (κ3) is 3.34. The highest BCUT2D eigenvalue weighted by atomic mass is 28.4. The van der Waals surface area contributed by atoms with Crippen LogP contribution in [-0.2, 0) is 4.43 Å². The molecule has 0 fully saturated rings. The van der Waals surface area contributed by atoms with Crippen LogP contribution in [0.2, 0.25) is 18.1 Å². The van der Waals surface area contributed by atoms with E-state index in [4.69, 9.17) is 13.9 Å². The summed E-state index contributed by atoms with van der Waals surface area (Å²) in [5, 5.41) is 2.00. The molecule has 6 heteroatoms. The number of fused-ring (bicyclic) bond motifs is 2. The average Bonchev–Trinajstić information content (AvgIpc) is 2.80. The number of rotatable bonds is 5. The molecule has 2 aromatic rings. The lowest BCUT2D eigenvalue weighted by Crippen LogP contribution is -2.44. The van der Waals surface area contributed by atoms with Crippen molar-refractivity contribution in [3.05, 3.63) is 59.3 Å². The number of nitrogens with zero attached hydrogens (tertiary/aromatic N) is 1. The Balaban J connectivity index is 1.76. The number of amides is 1. The summed E-state index contributed by atoms with van der Waals surface area (Å²) >= 11 is 0. The maximum atomic E-state index is 13.1. The fourth-order valence-corrected chi connectivity index (χ4v) is 6.33. The maximum absolute atomic E-state index is 13.1. The van der Waals surface area contributed by atoms with Crippen LogP contribution >= 0.6 is 0 Å². The summed E-state index contributed by atoms with van der Waals surface area (Å²) in [6.07, 6.45) is 7.03. The van der Waals surface area contributed by atoms with Gasteiger partial charge in [0.15, 0.2) is 8.32 Å². The molecule has 0 spiro atoms. The third-order valence-corrected chi connectivity index (χ3v) is 12.7. The van der Waals surface area contributed by atoms with Gasteiger partial charge in [-0.3, -0.25) is 4.90 Å². The lowest BCUT2D eigenvalue weighted by molar-refractivity contribution is 0.142. The van der Waals surface area contributed by atoms with Crippen LogP contribution in [0.3, 0.4) is 0 Å². The van der Waals surface area contributed by atoms with E-state index in [1.807, 2.05) is 30.5 Å². The Labute approximate surface area is 203 Å². The zero-order chi connectivity index (χ0) is 24.4. The van der Waals surface area contributed by atoms with Gasteiger partial charge in [-0.1, -0.05) is 64.1 Å². The van der Waals surface area contributed by atoms with Crippen molar-refractivity contribution >= 4 is 25.2 Å². The average molecular weight is 478 g/mol. The van der Waals surface area contributed by atoms with Gasteiger partial charge in [-0.05, 0) is 30.1 Å². The molecule has 0 N–H and O–H groups in total. The smallest absolute Gasteiger partial charge is 0.420 e. The van der Waals surface area contributed by atoms with Crippen LogP contribution in [0.1, 0.15) is 57.2 Å². The highest BCUT2D eigenvalue weighted by Crippen LogP contribution is 2.57. The van der Waals surface area contributed by atoms with E-state index in [0.717, 1.165) is 34.1 Å². The number of methoxy groups -OCH3 is 1. The van der Waals surface area contributed by atoms with Crippen LogP contribution in [0.4, 0.5) is 4.79 Å². The van der Waals surface area contributed by atoms with Crippen molar-refractivity contribution in [1.82, 2.24) is 4.90 Å². The quantitative estimate of drug-likeness (QED) is 0.335. The number of carbonyl (C=O) groups excluding carboxylic acids is 1. The minimum Gasteiger partial charge on any atom is -0.496 e. The molecule has 5 rings (SSSR count). The molecule has 0 aromatic heterocycles.